The molecule has 1 aromatic carbocycles. The monoisotopic (exact) mass is 218 g/mol. The van der Waals surface area contributed by atoms with Gasteiger partial charge in [0, 0.05) is 12.5 Å². The summed E-state index contributed by atoms with van der Waals surface area (Å²) in [4.78, 5) is 20.3. The first-order valence-electron chi connectivity index (χ1n) is 5.21. The maximum absolute atomic E-state index is 10.4. The SMILES string of the molecule is O=C=CCCc1ccc(CCC(=O)O)cc1. The van der Waals surface area contributed by atoms with Gasteiger partial charge in [-0.05, 0) is 30.4 Å². The Morgan fingerprint density at radius 1 is 1.19 bits per heavy atom. The van der Waals surface area contributed by atoms with Crippen molar-refractivity contribution in [3.05, 3.63) is 41.5 Å². The van der Waals surface area contributed by atoms with E-state index in [2.05, 4.69) is 0 Å². The van der Waals surface area contributed by atoms with Gasteiger partial charge < -0.3 is 5.11 Å². The van der Waals surface area contributed by atoms with E-state index in [1.807, 2.05) is 24.3 Å². The zero-order valence-electron chi connectivity index (χ0n) is 8.98. The Morgan fingerprint density at radius 3 is 2.25 bits per heavy atom. The molecule has 0 amide bonds. The molecular formula is C13H14O3. The molecule has 0 saturated carbocycles. The molecule has 3 nitrogen and oxygen atoms in total. The number of aryl methyl sites for hydroxylation is 2. The minimum atomic E-state index is -0.778. The lowest BCUT2D eigenvalue weighted by Crippen LogP contribution is -1.97. The van der Waals surface area contributed by atoms with Crippen molar-refractivity contribution in [3.63, 3.8) is 0 Å². The molecule has 3 heteroatoms. The van der Waals surface area contributed by atoms with Crippen LogP contribution in [0.15, 0.2) is 30.3 Å². The number of hydrogen-bond donors (Lipinski definition) is 1. The van der Waals surface area contributed by atoms with Crippen LogP contribution >= 0.6 is 0 Å². The van der Waals surface area contributed by atoms with E-state index in [4.69, 9.17) is 5.11 Å². The molecule has 0 aliphatic heterocycles. The van der Waals surface area contributed by atoms with Crippen molar-refractivity contribution in [1.82, 2.24) is 0 Å². The summed E-state index contributed by atoms with van der Waals surface area (Å²) in [6.07, 6.45) is 3.70. The fraction of sp³-hybridized carbons (Fsp3) is 0.308. The van der Waals surface area contributed by atoms with Gasteiger partial charge >= 0.3 is 5.97 Å². The van der Waals surface area contributed by atoms with Crippen molar-refractivity contribution in [1.29, 1.82) is 0 Å². The number of carbonyl (C=O) groups is 1. The maximum Gasteiger partial charge on any atom is 0.303 e. The third kappa shape index (κ3) is 4.58. The molecule has 0 radical (unpaired) electrons. The van der Waals surface area contributed by atoms with Crippen LogP contribution in [0.25, 0.3) is 0 Å². The van der Waals surface area contributed by atoms with Crippen LogP contribution in [-0.2, 0) is 22.4 Å². The van der Waals surface area contributed by atoms with E-state index < -0.39 is 5.97 Å². The maximum atomic E-state index is 10.4. The number of benzene rings is 1. The average Bonchev–Trinajstić information content (AvgIpc) is 2.28. The second-order valence-corrected chi connectivity index (χ2v) is 3.57. The molecule has 0 spiro atoms. The quantitative estimate of drug-likeness (QED) is 0.743. The first-order chi connectivity index (χ1) is 7.72. The van der Waals surface area contributed by atoms with Gasteiger partial charge in [-0.1, -0.05) is 24.3 Å². The average molecular weight is 218 g/mol. The highest BCUT2D eigenvalue weighted by Crippen LogP contribution is 2.08. The smallest absolute Gasteiger partial charge is 0.303 e. The van der Waals surface area contributed by atoms with Crippen LogP contribution in [0.3, 0.4) is 0 Å². The molecule has 0 atom stereocenters. The molecular weight excluding hydrogens is 204 g/mol. The Balaban J connectivity index is 2.47. The Labute approximate surface area is 94.4 Å². The topological polar surface area (TPSA) is 54.4 Å². The van der Waals surface area contributed by atoms with Gasteiger partial charge in [0.05, 0.1) is 0 Å². The second-order valence-electron chi connectivity index (χ2n) is 3.57. The third-order valence-corrected chi connectivity index (χ3v) is 2.31. The molecule has 0 unspecified atom stereocenters. The highest BCUT2D eigenvalue weighted by molar-refractivity contribution is 5.67. The van der Waals surface area contributed by atoms with E-state index in [0.29, 0.717) is 12.8 Å². The Hall–Kier alpha value is -1.86. The molecule has 84 valence electrons. The Bertz CT molecular complexity index is 361. The molecule has 0 saturated heterocycles. The zero-order chi connectivity index (χ0) is 11.8. The summed E-state index contributed by atoms with van der Waals surface area (Å²) < 4.78 is 0. The molecule has 0 aliphatic rings. The summed E-state index contributed by atoms with van der Waals surface area (Å²) in [6, 6.07) is 7.80. The van der Waals surface area contributed by atoms with Gasteiger partial charge in [-0.3, -0.25) is 4.79 Å². The highest BCUT2D eigenvalue weighted by Gasteiger charge is 1.99. The lowest BCUT2D eigenvalue weighted by molar-refractivity contribution is -0.136. The lowest BCUT2D eigenvalue weighted by atomic mass is 10.0. The summed E-state index contributed by atoms with van der Waals surface area (Å²) in [7, 11) is 0. The second kappa shape index (κ2) is 6.59. The summed E-state index contributed by atoms with van der Waals surface area (Å²) in [6.45, 7) is 0. The standard InChI is InChI=1S/C13H14O3/c14-10-2-1-3-11-4-6-12(7-5-11)8-9-13(15)16/h2,4-7H,1,3,8-9H2,(H,15,16). The van der Waals surface area contributed by atoms with Crippen LogP contribution in [0.2, 0.25) is 0 Å². The van der Waals surface area contributed by atoms with Gasteiger partial charge in [-0.15, -0.1) is 0 Å². The molecule has 0 fully saturated rings. The molecule has 1 rings (SSSR count). The number of carboxylic acid groups (broad SMARTS) is 1. The molecule has 1 N–H and O–H groups in total. The van der Waals surface area contributed by atoms with Crippen LogP contribution in [-0.4, -0.2) is 17.0 Å². The van der Waals surface area contributed by atoms with Crippen LogP contribution in [0.1, 0.15) is 24.0 Å². The third-order valence-electron chi connectivity index (χ3n) is 2.31. The van der Waals surface area contributed by atoms with E-state index >= 15 is 0 Å². The Kier molecular flexibility index (Phi) is 5.03. The first kappa shape index (κ1) is 12.2. The van der Waals surface area contributed by atoms with Gasteiger partial charge in [-0.25, -0.2) is 4.79 Å². The van der Waals surface area contributed by atoms with Crippen molar-refractivity contribution in [2.45, 2.75) is 25.7 Å². The number of allylic oxidation sites excluding steroid dienone is 1. The molecule has 0 aromatic heterocycles. The number of rotatable bonds is 6. The summed E-state index contributed by atoms with van der Waals surface area (Å²) in [5.41, 5.74) is 2.17. The highest BCUT2D eigenvalue weighted by atomic mass is 16.4. The predicted molar refractivity (Wildman–Crippen MR) is 61.0 cm³/mol. The van der Waals surface area contributed by atoms with Gasteiger partial charge in [0.2, 0.25) is 0 Å². The molecule has 1 aromatic rings. The normalized spacial score (nSPS) is 9.50. The molecule has 16 heavy (non-hydrogen) atoms. The largest absolute Gasteiger partial charge is 0.481 e. The molecule has 0 bridgehead atoms. The van der Waals surface area contributed by atoms with Crippen molar-refractivity contribution in [2.24, 2.45) is 0 Å². The number of aliphatic carboxylic acids is 1. The fourth-order valence-electron chi connectivity index (χ4n) is 1.42. The van der Waals surface area contributed by atoms with E-state index in [0.717, 1.165) is 17.5 Å². The number of carbonyl (C=O) groups excluding carboxylic acids is 1. The summed E-state index contributed by atoms with van der Waals surface area (Å²) >= 11 is 0. The van der Waals surface area contributed by atoms with E-state index in [9.17, 15) is 9.59 Å². The van der Waals surface area contributed by atoms with E-state index in [-0.39, 0.29) is 6.42 Å². The predicted octanol–water partition coefficient (Wildman–Crippen LogP) is 2.02. The van der Waals surface area contributed by atoms with Gasteiger partial charge in [0.25, 0.3) is 0 Å². The fourth-order valence-corrected chi connectivity index (χ4v) is 1.42. The van der Waals surface area contributed by atoms with Crippen LogP contribution in [0.4, 0.5) is 0 Å². The van der Waals surface area contributed by atoms with Gasteiger partial charge in [0.15, 0.2) is 0 Å². The number of carboxylic acids is 1. The van der Waals surface area contributed by atoms with Crippen LogP contribution in [0.5, 0.6) is 0 Å². The van der Waals surface area contributed by atoms with Gasteiger partial charge in [0.1, 0.15) is 5.94 Å². The molecule has 0 aliphatic carbocycles. The zero-order valence-corrected chi connectivity index (χ0v) is 8.98. The van der Waals surface area contributed by atoms with Crippen molar-refractivity contribution in [2.75, 3.05) is 0 Å². The number of hydrogen-bond acceptors (Lipinski definition) is 2. The van der Waals surface area contributed by atoms with Crippen LogP contribution < -0.4 is 0 Å². The van der Waals surface area contributed by atoms with Crippen molar-refractivity contribution >= 4 is 11.9 Å². The first-order valence-corrected chi connectivity index (χ1v) is 5.21. The van der Waals surface area contributed by atoms with Crippen molar-refractivity contribution < 1.29 is 14.7 Å². The van der Waals surface area contributed by atoms with Crippen LogP contribution in [0, 0.1) is 0 Å². The minimum Gasteiger partial charge on any atom is -0.481 e. The minimum absolute atomic E-state index is 0.160. The van der Waals surface area contributed by atoms with Crippen molar-refractivity contribution in [3.8, 4) is 0 Å². The molecule has 0 heterocycles. The lowest BCUT2D eigenvalue weighted by Gasteiger charge is -2.01. The van der Waals surface area contributed by atoms with E-state index in [1.165, 1.54) is 6.08 Å². The summed E-state index contributed by atoms with van der Waals surface area (Å²) in [5, 5.41) is 8.53. The Morgan fingerprint density at radius 2 is 1.75 bits per heavy atom. The summed E-state index contributed by atoms with van der Waals surface area (Å²) in [5.74, 6) is 0.964. The van der Waals surface area contributed by atoms with E-state index in [1.54, 1.807) is 5.94 Å². The van der Waals surface area contributed by atoms with Gasteiger partial charge in [-0.2, -0.15) is 0 Å².